The summed E-state index contributed by atoms with van der Waals surface area (Å²) in [5.74, 6) is -1.02. The molecule has 3 aliphatic heterocycles. The average molecular weight is 287 g/mol. The van der Waals surface area contributed by atoms with Crippen molar-refractivity contribution in [2.24, 2.45) is 0 Å². The fourth-order valence-corrected chi connectivity index (χ4v) is 3.14. The Balaban J connectivity index is 1.72. The van der Waals surface area contributed by atoms with Gasteiger partial charge in [0.2, 0.25) is 11.8 Å². The van der Waals surface area contributed by atoms with Crippen LogP contribution in [0.4, 0.5) is 5.69 Å². The number of imide groups is 1. The van der Waals surface area contributed by atoms with Crippen LogP contribution in [-0.4, -0.2) is 34.9 Å². The maximum Gasteiger partial charge on any atom is 0.257 e. The van der Waals surface area contributed by atoms with E-state index in [2.05, 4.69) is 5.32 Å². The van der Waals surface area contributed by atoms with Crippen molar-refractivity contribution in [3.8, 4) is 0 Å². The van der Waals surface area contributed by atoms with E-state index in [0.29, 0.717) is 23.2 Å². The van der Waals surface area contributed by atoms with Crippen molar-refractivity contribution in [2.45, 2.75) is 31.2 Å². The summed E-state index contributed by atoms with van der Waals surface area (Å²) in [4.78, 5) is 37.3. The van der Waals surface area contributed by atoms with Crippen LogP contribution in [0, 0.1) is 0 Å². The summed E-state index contributed by atoms with van der Waals surface area (Å²) in [6.07, 6.45) is -0.190. The van der Waals surface area contributed by atoms with E-state index in [0.717, 1.165) is 0 Å². The van der Waals surface area contributed by atoms with Crippen LogP contribution in [0.5, 0.6) is 0 Å². The lowest BCUT2D eigenvalue weighted by atomic mass is 9.94. The topological polar surface area (TPSA) is 105 Å². The Labute approximate surface area is 120 Å². The van der Waals surface area contributed by atoms with Crippen LogP contribution < -0.4 is 11.1 Å². The van der Waals surface area contributed by atoms with Crippen molar-refractivity contribution < 1.29 is 19.1 Å². The second-order valence-corrected chi connectivity index (χ2v) is 5.44. The van der Waals surface area contributed by atoms with Crippen molar-refractivity contribution in [3.05, 3.63) is 29.3 Å². The van der Waals surface area contributed by atoms with Gasteiger partial charge in [0.1, 0.15) is 12.1 Å². The number of hydrogen-bond donors (Lipinski definition) is 2. The van der Waals surface area contributed by atoms with E-state index >= 15 is 0 Å². The second kappa shape index (κ2) is 4.05. The number of benzene rings is 1. The maximum atomic E-state index is 12.7. The van der Waals surface area contributed by atoms with Gasteiger partial charge in [-0.3, -0.25) is 24.6 Å². The number of anilines is 1. The number of nitrogen functional groups attached to an aromatic ring is 1. The molecule has 0 aliphatic carbocycles. The SMILES string of the molecule is Nc1cccc2c1C1OC1N(C1CCC(=O)NC1=O)C2=O. The molecule has 0 saturated carbocycles. The van der Waals surface area contributed by atoms with Gasteiger partial charge < -0.3 is 10.5 Å². The molecule has 3 unspecified atom stereocenters. The number of epoxide rings is 1. The fourth-order valence-electron chi connectivity index (χ4n) is 3.14. The molecule has 0 aromatic heterocycles. The zero-order valence-electron chi connectivity index (χ0n) is 11.0. The summed E-state index contributed by atoms with van der Waals surface area (Å²) in [5.41, 5.74) is 7.62. The number of carbonyl (C=O) groups excluding carboxylic acids is 3. The van der Waals surface area contributed by atoms with Crippen LogP contribution in [0.1, 0.15) is 34.9 Å². The van der Waals surface area contributed by atoms with Crippen LogP contribution in [0.3, 0.4) is 0 Å². The molecule has 21 heavy (non-hydrogen) atoms. The quantitative estimate of drug-likeness (QED) is 0.427. The molecular weight excluding hydrogens is 274 g/mol. The van der Waals surface area contributed by atoms with Crippen molar-refractivity contribution in [2.75, 3.05) is 5.73 Å². The van der Waals surface area contributed by atoms with Crippen LogP contribution in [-0.2, 0) is 14.3 Å². The van der Waals surface area contributed by atoms with Crippen LogP contribution in [0.15, 0.2) is 18.2 Å². The van der Waals surface area contributed by atoms with Crippen LogP contribution in [0.2, 0.25) is 0 Å². The molecule has 2 fully saturated rings. The Kier molecular flexibility index (Phi) is 2.38. The van der Waals surface area contributed by atoms with Gasteiger partial charge in [-0.2, -0.15) is 0 Å². The lowest BCUT2D eigenvalue weighted by Gasteiger charge is -2.34. The number of carbonyl (C=O) groups is 3. The minimum atomic E-state index is -0.667. The van der Waals surface area contributed by atoms with E-state index in [1.807, 2.05) is 0 Å². The normalized spacial score (nSPS) is 30.6. The smallest absolute Gasteiger partial charge is 0.257 e. The number of fused-ring (bicyclic) bond motifs is 3. The van der Waals surface area contributed by atoms with Gasteiger partial charge in [-0.05, 0) is 18.6 Å². The third kappa shape index (κ3) is 1.67. The first-order chi connectivity index (χ1) is 10.1. The zero-order chi connectivity index (χ0) is 14.7. The highest BCUT2D eigenvalue weighted by Gasteiger charge is 2.56. The first-order valence-corrected chi connectivity index (χ1v) is 6.78. The predicted molar refractivity (Wildman–Crippen MR) is 70.8 cm³/mol. The van der Waals surface area contributed by atoms with Gasteiger partial charge in [0.25, 0.3) is 5.91 Å². The number of piperidine rings is 1. The van der Waals surface area contributed by atoms with Crippen LogP contribution in [0.25, 0.3) is 0 Å². The molecule has 7 nitrogen and oxygen atoms in total. The molecule has 1 aromatic rings. The number of amides is 3. The summed E-state index contributed by atoms with van der Waals surface area (Å²) >= 11 is 0. The first kappa shape index (κ1) is 12.3. The number of nitrogens with two attached hydrogens (primary N) is 1. The third-order valence-electron chi connectivity index (χ3n) is 4.18. The molecule has 0 bridgehead atoms. The summed E-state index contributed by atoms with van der Waals surface area (Å²) < 4.78 is 5.56. The summed E-state index contributed by atoms with van der Waals surface area (Å²) in [6.45, 7) is 0. The standard InChI is InChI=1S/C14H13N3O4/c15-7-3-1-2-6-10(7)11-14(21-11)17(13(6)20)8-4-5-9(18)16-12(8)19/h1-3,8,11,14H,4-5,15H2,(H,16,18,19). The lowest BCUT2D eigenvalue weighted by Crippen LogP contribution is -2.56. The van der Waals surface area contributed by atoms with E-state index in [9.17, 15) is 14.4 Å². The number of nitrogens with one attached hydrogen (secondary N) is 1. The Morgan fingerprint density at radius 1 is 1.29 bits per heavy atom. The highest BCUT2D eigenvalue weighted by atomic mass is 16.6. The number of hydrogen-bond acceptors (Lipinski definition) is 5. The third-order valence-corrected chi connectivity index (χ3v) is 4.18. The Bertz CT molecular complexity index is 687. The van der Waals surface area contributed by atoms with Crippen LogP contribution >= 0.6 is 0 Å². The molecule has 3 heterocycles. The molecule has 2 saturated heterocycles. The minimum Gasteiger partial charge on any atom is -0.398 e. The van der Waals surface area contributed by atoms with E-state index in [4.69, 9.17) is 10.5 Å². The van der Waals surface area contributed by atoms with Gasteiger partial charge in [0.15, 0.2) is 6.23 Å². The van der Waals surface area contributed by atoms with Gasteiger partial charge in [0.05, 0.1) is 0 Å². The van der Waals surface area contributed by atoms with E-state index in [1.165, 1.54) is 4.90 Å². The van der Waals surface area contributed by atoms with E-state index in [1.54, 1.807) is 18.2 Å². The molecule has 4 rings (SSSR count). The number of rotatable bonds is 1. The first-order valence-electron chi connectivity index (χ1n) is 6.78. The number of ether oxygens (including phenoxy) is 1. The van der Waals surface area contributed by atoms with Gasteiger partial charge in [0, 0.05) is 23.2 Å². The van der Waals surface area contributed by atoms with Crippen molar-refractivity contribution in [1.82, 2.24) is 10.2 Å². The molecule has 3 aliphatic rings. The molecule has 3 atom stereocenters. The molecule has 7 heteroatoms. The summed E-state index contributed by atoms with van der Waals surface area (Å²) in [5, 5.41) is 2.27. The Morgan fingerprint density at radius 2 is 2.10 bits per heavy atom. The molecule has 0 radical (unpaired) electrons. The van der Waals surface area contributed by atoms with Gasteiger partial charge >= 0.3 is 0 Å². The maximum absolute atomic E-state index is 12.7. The zero-order valence-corrected chi connectivity index (χ0v) is 11.0. The fraction of sp³-hybridized carbons (Fsp3) is 0.357. The molecule has 0 spiro atoms. The summed E-state index contributed by atoms with van der Waals surface area (Å²) in [7, 11) is 0. The molecule has 1 aromatic carbocycles. The number of nitrogens with zero attached hydrogens (tertiary/aromatic N) is 1. The largest absolute Gasteiger partial charge is 0.398 e. The van der Waals surface area contributed by atoms with E-state index in [-0.39, 0.29) is 24.3 Å². The van der Waals surface area contributed by atoms with Gasteiger partial charge in [-0.25, -0.2) is 0 Å². The highest BCUT2D eigenvalue weighted by Crippen LogP contribution is 2.50. The van der Waals surface area contributed by atoms with Crippen molar-refractivity contribution in [1.29, 1.82) is 0 Å². The highest BCUT2D eigenvalue weighted by molar-refractivity contribution is 6.05. The summed E-state index contributed by atoms with van der Waals surface area (Å²) in [6, 6.07) is 4.45. The molecule has 108 valence electrons. The Hall–Kier alpha value is -2.41. The Morgan fingerprint density at radius 3 is 2.86 bits per heavy atom. The van der Waals surface area contributed by atoms with E-state index < -0.39 is 18.2 Å². The predicted octanol–water partition coefficient (Wildman–Crippen LogP) is -0.0728. The monoisotopic (exact) mass is 287 g/mol. The lowest BCUT2D eigenvalue weighted by molar-refractivity contribution is -0.137. The van der Waals surface area contributed by atoms with Crippen molar-refractivity contribution >= 4 is 23.4 Å². The molecule has 3 amide bonds. The minimum absolute atomic E-state index is 0.224. The van der Waals surface area contributed by atoms with Gasteiger partial charge in [-0.1, -0.05) is 6.07 Å². The van der Waals surface area contributed by atoms with Gasteiger partial charge in [-0.15, -0.1) is 0 Å². The molecular formula is C14H13N3O4. The molecule has 3 N–H and O–H groups in total. The average Bonchev–Trinajstić information content (AvgIpc) is 3.21. The second-order valence-electron chi connectivity index (χ2n) is 5.44. The van der Waals surface area contributed by atoms with Crippen molar-refractivity contribution in [3.63, 3.8) is 0 Å².